The van der Waals surface area contributed by atoms with Gasteiger partial charge in [-0.15, -0.1) is 11.3 Å². The van der Waals surface area contributed by atoms with Gasteiger partial charge in [-0.1, -0.05) is 11.6 Å². The largest absolute Gasteiger partial charge is 0.288 e. The van der Waals surface area contributed by atoms with Crippen LogP contribution in [0.25, 0.3) is 0 Å². The van der Waals surface area contributed by atoms with Gasteiger partial charge in [0.15, 0.2) is 0 Å². The number of carbonyl (C=O) groups excluding carboxylic acids is 1. The molecule has 0 radical (unpaired) electrons. The molecule has 0 aliphatic rings. The normalized spacial score (nSPS) is 10.7. The zero-order chi connectivity index (χ0) is 13.4. The highest BCUT2D eigenvalue weighted by Gasteiger charge is 2.17. The van der Waals surface area contributed by atoms with Gasteiger partial charge in [0, 0.05) is 15.1 Å². The lowest BCUT2D eigenvalue weighted by molar-refractivity contribution is 0.104. The Balaban J connectivity index is 2.49. The number of thiophene rings is 1. The number of aryl methyl sites for hydroxylation is 2. The van der Waals surface area contributed by atoms with Crippen LogP contribution in [0.1, 0.15) is 26.4 Å². The summed E-state index contributed by atoms with van der Waals surface area (Å²) in [4.78, 5) is 13.1. The van der Waals surface area contributed by atoms with E-state index in [1.807, 2.05) is 32.0 Å². The average Bonchev–Trinajstić information content (AvgIpc) is 2.63. The standard InChI is InChI=1S/C13H9Br2ClOS/c1-6-4-10(16)7(2)3-8(6)12(17)11-5-9(14)13(15)18-11/h3-5H,1-2H3. The Morgan fingerprint density at radius 1 is 1.17 bits per heavy atom. The molecule has 1 heterocycles. The summed E-state index contributed by atoms with van der Waals surface area (Å²) in [6.07, 6.45) is 0. The lowest BCUT2D eigenvalue weighted by Crippen LogP contribution is -2.02. The molecule has 0 saturated heterocycles. The zero-order valence-electron chi connectivity index (χ0n) is 9.68. The zero-order valence-corrected chi connectivity index (χ0v) is 14.4. The number of halogens is 3. The lowest BCUT2D eigenvalue weighted by Gasteiger charge is -2.06. The molecule has 0 amide bonds. The van der Waals surface area contributed by atoms with Gasteiger partial charge in [0.05, 0.1) is 8.66 Å². The van der Waals surface area contributed by atoms with E-state index >= 15 is 0 Å². The van der Waals surface area contributed by atoms with Crippen LogP contribution in [0.15, 0.2) is 26.5 Å². The van der Waals surface area contributed by atoms with Crippen molar-refractivity contribution in [3.05, 3.63) is 53.0 Å². The third-order valence-corrected chi connectivity index (χ3v) is 6.28. The smallest absolute Gasteiger partial charge is 0.203 e. The summed E-state index contributed by atoms with van der Waals surface area (Å²) in [5.41, 5.74) is 2.52. The Bertz CT molecular complexity index is 615. The molecule has 2 rings (SSSR count). The van der Waals surface area contributed by atoms with Crippen molar-refractivity contribution in [3.63, 3.8) is 0 Å². The number of carbonyl (C=O) groups is 1. The molecule has 1 aromatic heterocycles. The van der Waals surface area contributed by atoms with Crippen molar-refractivity contribution in [1.82, 2.24) is 0 Å². The molecule has 5 heteroatoms. The highest BCUT2D eigenvalue weighted by molar-refractivity contribution is 9.13. The molecule has 0 unspecified atom stereocenters. The van der Waals surface area contributed by atoms with Crippen molar-refractivity contribution in [2.45, 2.75) is 13.8 Å². The van der Waals surface area contributed by atoms with Crippen LogP contribution in [0.2, 0.25) is 5.02 Å². The van der Waals surface area contributed by atoms with Crippen molar-refractivity contribution in [2.75, 3.05) is 0 Å². The summed E-state index contributed by atoms with van der Waals surface area (Å²) in [5.74, 6) is 0.0312. The van der Waals surface area contributed by atoms with Crippen molar-refractivity contribution in [3.8, 4) is 0 Å². The minimum Gasteiger partial charge on any atom is -0.288 e. The van der Waals surface area contributed by atoms with Crippen molar-refractivity contribution in [1.29, 1.82) is 0 Å². The first kappa shape index (κ1) is 14.3. The number of hydrogen-bond acceptors (Lipinski definition) is 2. The van der Waals surface area contributed by atoms with Gasteiger partial charge in [0.25, 0.3) is 0 Å². The average molecular weight is 409 g/mol. The lowest BCUT2D eigenvalue weighted by atomic mass is 10.0. The third kappa shape index (κ3) is 2.72. The summed E-state index contributed by atoms with van der Waals surface area (Å²) in [7, 11) is 0. The van der Waals surface area contributed by atoms with E-state index in [4.69, 9.17) is 11.6 Å². The summed E-state index contributed by atoms with van der Waals surface area (Å²) in [5, 5.41) is 0.692. The summed E-state index contributed by atoms with van der Waals surface area (Å²) in [6, 6.07) is 5.52. The second kappa shape index (κ2) is 5.45. The summed E-state index contributed by atoms with van der Waals surface area (Å²) >= 11 is 14.3. The van der Waals surface area contributed by atoms with Gasteiger partial charge in [0.2, 0.25) is 5.78 Å². The Kier molecular flexibility index (Phi) is 4.32. The van der Waals surface area contributed by atoms with Gasteiger partial charge >= 0.3 is 0 Å². The van der Waals surface area contributed by atoms with Crippen molar-refractivity contribution < 1.29 is 4.79 Å². The number of ketones is 1. The van der Waals surface area contributed by atoms with E-state index in [1.165, 1.54) is 11.3 Å². The van der Waals surface area contributed by atoms with Gasteiger partial charge in [-0.2, -0.15) is 0 Å². The molecule has 0 atom stereocenters. The molecule has 0 N–H and O–H groups in total. The van der Waals surface area contributed by atoms with E-state index in [2.05, 4.69) is 31.9 Å². The topological polar surface area (TPSA) is 17.1 Å². The van der Waals surface area contributed by atoms with Crippen LogP contribution >= 0.6 is 54.8 Å². The van der Waals surface area contributed by atoms with E-state index in [0.29, 0.717) is 15.5 Å². The number of benzene rings is 1. The first-order valence-corrected chi connectivity index (χ1v) is 7.94. The molecule has 18 heavy (non-hydrogen) atoms. The van der Waals surface area contributed by atoms with Crippen LogP contribution in [-0.2, 0) is 0 Å². The molecule has 0 spiro atoms. The van der Waals surface area contributed by atoms with Crippen LogP contribution in [-0.4, -0.2) is 5.78 Å². The summed E-state index contributed by atoms with van der Waals surface area (Å²) in [6.45, 7) is 3.80. The maximum absolute atomic E-state index is 12.4. The maximum atomic E-state index is 12.4. The Morgan fingerprint density at radius 2 is 1.83 bits per heavy atom. The molecule has 0 saturated carbocycles. The maximum Gasteiger partial charge on any atom is 0.203 e. The van der Waals surface area contributed by atoms with E-state index < -0.39 is 0 Å². The SMILES string of the molecule is Cc1cc(C(=O)c2cc(Br)c(Br)s2)c(C)cc1Cl. The fourth-order valence-corrected chi connectivity index (χ4v) is 3.82. The van der Waals surface area contributed by atoms with Crippen LogP contribution in [0.4, 0.5) is 0 Å². The molecule has 94 valence electrons. The Morgan fingerprint density at radius 3 is 2.39 bits per heavy atom. The first-order chi connectivity index (χ1) is 8.40. The van der Waals surface area contributed by atoms with Crippen LogP contribution in [0, 0.1) is 13.8 Å². The minimum absolute atomic E-state index is 0.0312. The highest BCUT2D eigenvalue weighted by Crippen LogP contribution is 2.34. The third-order valence-electron chi connectivity index (χ3n) is 2.62. The van der Waals surface area contributed by atoms with E-state index in [-0.39, 0.29) is 5.78 Å². The molecule has 1 aromatic carbocycles. The summed E-state index contributed by atoms with van der Waals surface area (Å²) < 4.78 is 1.83. The predicted octanol–water partition coefficient (Wildman–Crippen LogP) is 5.77. The van der Waals surface area contributed by atoms with Gasteiger partial charge in [-0.05, 0) is 75.0 Å². The van der Waals surface area contributed by atoms with Gasteiger partial charge < -0.3 is 0 Å². The fraction of sp³-hybridized carbons (Fsp3) is 0.154. The van der Waals surface area contributed by atoms with Crippen molar-refractivity contribution in [2.24, 2.45) is 0 Å². The molecule has 0 bridgehead atoms. The fourth-order valence-electron chi connectivity index (χ4n) is 1.62. The number of rotatable bonds is 2. The molecular weight excluding hydrogens is 399 g/mol. The van der Waals surface area contributed by atoms with E-state index in [1.54, 1.807) is 0 Å². The van der Waals surface area contributed by atoms with Gasteiger partial charge in [0.1, 0.15) is 0 Å². The van der Waals surface area contributed by atoms with E-state index in [0.717, 1.165) is 19.4 Å². The Hall–Kier alpha value is -0.160. The second-order valence-corrected chi connectivity index (χ2v) is 7.61. The Labute approximate surface area is 131 Å². The minimum atomic E-state index is 0.0312. The van der Waals surface area contributed by atoms with Crippen LogP contribution in [0.5, 0.6) is 0 Å². The van der Waals surface area contributed by atoms with Crippen LogP contribution < -0.4 is 0 Å². The molecule has 0 fully saturated rings. The highest BCUT2D eigenvalue weighted by atomic mass is 79.9. The monoisotopic (exact) mass is 406 g/mol. The molecule has 2 aromatic rings. The second-order valence-electron chi connectivity index (χ2n) is 3.98. The van der Waals surface area contributed by atoms with Crippen molar-refractivity contribution >= 4 is 60.6 Å². The molecule has 1 nitrogen and oxygen atoms in total. The van der Waals surface area contributed by atoms with Gasteiger partial charge in [-0.25, -0.2) is 0 Å². The van der Waals surface area contributed by atoms with E-state index in [9.17, 15) is 4.79 Å². The van der Waals surface area contributed by atoms with Crippen LogP contribution in [0.3, 0.4) is 0 Å². The first-order valence-electron chi connectivity index (χ1n) is 5.16. The predicted molar refractivity (Wildman–Crippen MR) is 84.1 cm³/mol. The molecule has 0 aliphatic heterocycles. The number of hydrogen-bond donors (Lipinski definition) is 0. The quantitative estimate of drug-likeness (QED) is 0.576. The molecule has 0 aliphatic carbocycles. The molecular formula is C13H9Br2ClOS. The van der Waals surface area contributed by atoms with Gasteiger partial charge in [-0.3, -0.25) is 4.79 Å².